The van der Waals surface area contributed by atoms with Crippen LogP contribution in [0.1, 0.15) is 71.6 Å². The van der Waals surface area contributed by atoms with Crippen LogP contribution < -0.4 is 21.3 Å². The third-order valence-electron chi connectivity index (χ3n) is 7.12. The molecule has 0 aromatic heterocycles. The van der Waals surface area contributed by atoms with Crippen molar-refractivity contribution in [2.45, 2.75) is 95.8 Å². The average Bonchev–Trinajstić information content (AvgIpc) is 2.86. The van der Waals surface area contributed by atoms with Crippen molar-refractivity contribution >= 4 is 57.8 Å². The first kappa shape index (κ1) is 32.7. The molecular weight excluding hydrogens is 548 g/mol. The zero-order chi connectivity index (χ0) is 28.9. The largest absolute Gasteiger partial charge is 0.480 e. The maximum Gasteiger partial charge on any atom is 0.327 e. The van der Waals surface area contributed by atoms with Gasteiger partial charge in [0.2, 0.25) is 11.8 Å². The van der Waals surface area contributed by atoms with Gasteiger partial charge in [-0.05, 0) is 69.6 Å². The number of carboxylic acid groups (broad SMARTS) is 2. The van der Waals surface area contributed by atoms with Gasteiger partial charge < -0.3 is 31.5 Å². The van der Waals surface area contributed by atoms with Crippen LogP contribution in [0.5, 0.6) is 0 Å². The first-order valence-electron chi connectivity index (χ1n) is 13.3. The molecule has 0 bridgehead atoms. The number of hydrogen-bond acceptors (Lipinski definition) is 8. The lowest BCUT2D eigenvalue weighted by atomic mass is 9.76. The molecule has 0 aromatic rings. The van der Waals surface area contributed by atoms with Crippen LogP contribution in [0.25, 0.3) is 0 Å². The van der Waals surface area contributed by atoms with Gasteiger partial charge in [-0.25, -0.2) is 9.59 Å². The SMILES string of the molecule is CC(=O)NC(CSC(=O)NC1CCC(CC2CCC(NC(=O)SCC(NC(C)=O)C(=O)O)CC2)CC1)C(=O)O. The Labute approximate surface area is 236 Å². The molecule has 0 saturated heterocycles. The van der Waals surface area contributed by atoms with E-state index in [1.807, 2.05) is 0 Å². The van der Waals surface area contributed by atoms with Crippen LogP contribution in [-0.4, -0.2) is 80.1 Å². The van der Waals surface area contributed by atoms with E-state index in [0.717, 1.165) is 81.3 Å². The van der Waals surface area contributed by atoms with Gasteiger partial charge in [0.05, 0.1) is 0 Å². The third kappa shape index (κ3) is 12.9. The fourth-order valence-electron chi connectivity index (χ4n) is 5.13. The van der Waals surface area contributed by atoms with E-state index >= 15 is 0 Å². The highest BCUT2D eigenvalue weighted by Crippen LogP contribution is 2.35. The van der Waals surface area contributed by atoms with Crippen molar-refractivity contribution in [1.29, 1.82) is 0 Å². The number of carboxylic acids is 2. The van der Waals surface area contributed by atoms with Crippen LogP contribution >= 0.6 is 23.5 Å². The quantitative estimate of drug-likeness (QED) is 0.197. The zero-order valence-corrected chi connectivity index (χ0v) is 24.0. The summed E-state index contributed by atoms with van der Waals surface area (Å²) in [4.78, 5) is 69.1. The summed E-state index contributed by atoms with van der Waals surface area (Å²) in [6.07, 6.45) is 8.72. The fourth-order valence-corrected chi connectivity index (χ4v) is 6.72. The molecule has 0 radical (unpaired) electrons. The normalized spacial score (nSPS) is 24.5. The van der Waals surface area contributed by atoms with Gasteiger partial charge in [-0.3, -0.25) is 19.2 Å². The highest BCUT2D eigenvalue weighted by atomic mass is 32.2. The molecule has 2 fully saturated rings. The number of rotatable bonds is 12. The molecule has 14 heteroatoms. The molecule has 12 nitrogen and oxygen atoms in total. The monoisotopic (exact) mass is 588 g/mol. The van der Waals surface area contributed by atoms with Crippen LogP contribution in [0.4, 0.5) is 9.59 Å². The summed E-state index contributed by atoms with van der Waals surface area (Å²) in [6, 6.07) is -2.06. The maximum atomic E-state index is 12.2. The van der Waals surface area contributed by atoms with E-state index in [0.29, 0.717) is 11.8 Å². The topological polar surface area (TPSA) is 191 Å². The number of amides is 4. The molecule has 39 heavy (non-hydrogen) atoms. The van der Waals surface area contributed by atoms with Crippen molar-refractivity contribution in [2.75, 3.05) is 11.5 Å². The standard InChI is InChI=1S/C25H40N4O8S2/c1-14(30)26-20(22(32)33)12-38-24(36)28-18-7-3-16(4-8-18)11-17-5-9-19(10-6-17)29-25(37)39-13-21(23(34)35)27-15(2)31/h16-21H,3-13H2,1-2H3,(H,26,30)(H,27,31)(H,28,36)(H,29,37)(H,32,33)(H,34,35). The number of carbonyl (C=O) groups excluding carboxylic acids is 4. The van der Waals surface area contributed by atoms with E-state index in [9.17, 15) is 28.8 Å². The minimum atomic E-state index is -1.17. The first-order valence-corrected chi connectivity index (χ1v) is 15.3. The molecule has 2 aliphatic carbocycles. The van der Waals surface area contributed by atoms with Crippen LogP contribution in [0, 0.1) is 11.8 Å². The Kier molecular flexibility index (Phi) is 13.9. The van der Waals surface area contributed by atoms with Gasteiger partial charge in [0, 0.05) is 37.4 Å². The molecular formula is C25H40N4O8S2. The molecule has 4 amide bonds. The van der Waals surface area contributed by atoms with E-state index in [4.69, 9.17) is 10.2 Å². The van der Waals surface area contributed by atoms with Gasteiger partial charge in [0.15, 0.2) is 0 Å². The molecule has 6 N–H and O–H groups in total. The second-order valence-electron chi connectivity index (χ2n) is 10.3. The summed E-state index contributed by atoms with van der Waals surface area (Å²) >= 11 is 1.74. The van der Waals surface area contributed by atoms with Crippen molar-refractivity contribution in [3.63, 3.8) is 0 Å². The predicted molar refractivity (Wildman–Crippen MR) is 149 cm³/mol. The molecule has 2 aliphatic rings. The van der Waals surface area contributed by atoms with Crippen molar-refractivity contribution in [2.24, 2.45) is 11.8 Å². The Balaban J connectivity index is 1.61. The van der Waals surface area contributed by atoms with Gasteiger partial charge in [-0.15, -0.1) is 0 Å². The van der Waals surface area contributed by atoms with E-state index in [-0.39, 0.29) is 34.1 Å². The first-order chi connectivity index (χ1) is 18.4. The summed E-state index contributed by atoms with van der Waals surface area (Å²) in [6.45, 7) is 2.47. The zero-order valence-electron chi connectivity index (χ0n) is 22.4. The number of nitrogens with one attached hydrogen (secondary N) is 4. The second-order valence-corrected chi connectivity index (χ2v) is 12.3. The molecule has 0 aliphatic heterocycles. The summed E-state index contributed by atoms with van der Waals surface area (Å²) < 4.78 is 0. The number of carbonyl (C=O) groups is 6. The fraction of sp³-hybridized carbons (Fsp3) is 0.760. The van der Waals surface area contributed by atoms with Crippen molar-refractivity contribution in [3.8, 4) is 0 Å². The van der Waals surface area contributed by atoms with Crippen LogP contribution in [0.3, 0.4) is 0 Å². The summed E-state index contributed by atoms with van der Waals surface area (Å²) in [5.74, 6) is -2.13. The lowest BCUT2D eigenvalue weighted by molar-refractivity contribution is -0.141. The Bertz CT molecular complexity index is 819. The smallest absolute Gasteiger partial charge is 0.327 e. The van der Waals surface area contributed by atoms with Gasteiger partial charge in [0.25, 0.3) is 10.5 Å². The summed E-state index contributed by atoms with van der Waals surface area (Å²) in [5, 5.41) is 28.3. The van der Waals surface area contributed by atoms with Gasteiger partial charge in [-0.1, -0.05) is 23.5 Å². The van der Waals surface area contributed by atoms with E-state index in [2.05, 4.69) is 21.3 Å². The summed E-state index contributed by atoms with van der Waals surface area (Å²) in [5.41, 5.74) is 0. The Hall–Kier alpha value is -2.48. The predicted octanol–water partition coefficient (Wildman–Crippen LogP) is 2.56. The minimum absolute atomic E-state index is 0.0299. The van der Waals surface area contributed by atoms with Gasteiger partial charge in [0.1, 0.15) is 12.1 Å². The molecule has 2 saturated carbocycles. The lowest BCUT2D eigenvalue weighted by Gasteiger charge is -2.34. The molecule has 0 spiro atoms. The van der Waals surface area contributed by atoms with Crippen molar-refractivity contribution in [1.82, 2.24) is 21.3 Å². The molecule has 0 aromatic carbocycles. The third-order valence-corrected chi connectivity index (χ3v) is 8.88. The lowest BCUT2D eigenvalue weighted by Crippen LogP contribution is -2.43. The second kappa shape index (κ2) is 16.6. The number of aliphatic carboxylic acids is 2. The highest BCUT2D eigenvalue weighted by Gasteiger charge is 2.29. The molecule has 220 valence electrons. The van der Waals surface area contributed by atoms with Crippen molar-refractivity contribution in [3.05, 3.63) is 0 Å². The minimum Gasteiger partial charge on any atom is -0.480 e. The van der Waals surface area contributed by atoms with Crippen LogP contribution in [-0.2, 0) is 19.2 Å². The van der Waals surface area contributed by atoms with Gasteiger partial charge >= 0.3 is 11.9 Å². The summed E-state index contributed by atoms with van der Waals surface area (Å²) in [7, 11) is 0. The van der Waals surface area contributed by atoms with E-state index < -0.39 is 35.8 Å². The average molecular weight is 589 g/mol. The Morgan fingerprint density at radius 1 is 0.641 bits per heavy atom. The number of hydrogen-bond donors (Lipinski definition) is 6. The number of thioether (sulfide) groups is 2. The Morgan fingerprint density at radius 3 is 1.26 bits per heavy atom. The van der Waals surface area contributed by atoms with Crippen LogP contribution in [0.15, 0.2) is 0 Å². The molecule has 2 atom stereocenters. The van der Waals surface area contributed by atoms with E-state index in [1.165, 1.54) is 13.8 Å². The van der Waals surface area contributed by atoms with E-state index in [1.54, 1.807) is 0 Å². The molecule has 2 rings (SSSR count). The van der Waals surface area contributed by atoms with Crippen LogP contribution in [0.2, 0.25) is 0 Å². The van der Waals surface area contributed by atoms with Crippen molar-refractivity contribution < 1.29 is 39.0 Å². The highest BCUT2D eigenvalue weighted by molar-refractivity contribution is 8.13. The maximum absolute atomic E-state index is 12.2. The van der Waals surface area contributed by atoms with Gasteiger partial charge in [-0.2, -0.15) is 0 Å². The molecule has 2 unspecified atom stereocenters. The molecule has 0 heterocycles. The Morgan fingerprint density at radius 2 is 0.974 bits per heavy atom.